The largest absolute Gasteiger partial charge is 0.468 e. The van der Waals surface area contributed by atoms with E-state index in [-0.39, 0.29) is 37.2 Å². The maximum absolute atomic E-state index is 12.1. The fourth-order valence-electron chi connectivity index (χ4n) is 2.10. The number of benzene rings is 1. The van der Waals surface area contributed by atoms with E-state index in [0.717, 1.165) is 12.0 Å². The summed E-state index contributed by atoms with van der Waals surface area (Å²) in [6.45, 7) is 3.51. The minimum Gasteiger partial charge on any atom is -0.468 e. The van der Waals surface area contributed by atoms with Gasteiger partial charge in [0.25, 0.3) is 0 Å². The fourth-order valence-corrected chi connectivity index (χ4v) is 2.10. The highest BCUT2D eigenvalue weighted by Crippen LogP contribution is 2.15. The standard InChI is InChI=1S/C17H25N3O4.ClH/c1-4-9-17(2,18)16(23)20-13-7-5-12(6-8-13)10-14(21)19-11-15(22)24-3;/h5-8H,4,9-11,18H2,1-3H3,(H,19,21)(H,20,23);1H. The Balaban J connectivity index is 0.00000576. The monoisotopic (exact) mass is 371 g/mol. The number of carbonyl (C=O) groups is 3. The molecule has 25 heavy (non-hydrogen) atoms. The summed E-state index contributed by atoms with van der Waals surface area (Å²) >= 11 is 0. The molecular weight excluding hydrogens is 346 g/mol. The topological polar surface area (TPSA) is 111 Å². The lowest BCUT2D eigenvalue weighted by molar-refractivity contribution is -0.141. The smallest absolute Gasteiger partial charge is 0.325 e. The van der Waals surface area contributed by atoms with Gasteiger partial charge in [0.1, 0.15) is 6.54 Å². The van der Waals surface area contributed by atoms with Gasteiger partial charge in [-0.05, 0) is 31.0 Å². The Morgan fingerprint density at radius 2 is 1.80 bits per heavy atom. The van der Waals surface area contributed by atoms with E-state index in [1.54, 1.807) is 31.2 Å². The van der Waals surface area contributed by atoms with Gasteiger partial charge in [0.05, 0.1) is 19.1 Å². The van der Waals surface area contributed by atoms with Crippen LogP contribution in [0.1, 0.15) is 32.3 Å². The average molecular weight is 372 g/mol. The molecule has 2 amide bonds. The van der Waals surface area contributed by atoms with E-state index < -0.39 is 11.5 Å². The Labute approximate surface area is 154 Å². The average Bonchev–Trinajstić information content (AvgIpc) is 2.54. The maximum atomic E-state index is 12.1. The van der Waals surface area contributed by atoms with E-state index >= 15 is 0 Å². The van der Waals surface area contributed by atoms with E-state index in [9.17, 15) is 14.4 Å². The molecule has 0 radical (unpaired) electrons. The summed E-state index contributed by atoms with van der Waals surface area (Å²) in [6, 6.07) is 6.90. The van der Waals surface area contributed by atoms with Gasteiger partial charge in [-0.2, -0.15) is 0 Å². The normalized spacial score (nSPS) is 12.3. The fraction of sp³-hybridized carbons (Fsp3) is 0.471. The van der Waals surface area contributed by atoms with Crippen molar-refractivity contribution in [1.29, 1.82) is 0 Å². The third-order valence-corrected chi connectivity index (χ3v) is 3.52. The highest BCUT2D eigenvalue weighted by Gasteiger charge is 2.27. The SMILES string of the molecule is CCCC(C)(N)C(=O)Nc1ccc(CC(=O)NCC(=O)OC)cc1.Cl. The molecular formula is C17H26ClN3O4. The number of hydrogen-bond acceptors (Lipinski definition) is 5. The van der Waals surface area contributed by atoms with E-state index in [1.807, 2.05) is 6.92 Å². The number of hydrogen-bond donors (Lipinski definition) is 3. The number of esters is 1. The van der Waals surface area contributed by atoms with Gasteiger partial charge in [-0.25, -0.2) is 0 Å². The van der Waals surface area contributed by atoms with Crippen molar-refractivity contribution in [2.75, 3.05) is 19.0 Å². The van der Waals surface area contributed by atoms with Gasteiger partial charge in [-0.1, -0.05) is 25.5 Å². The second-order valence-electron chi connectivity index (χ2n) is 5.85. The molecule has 7 nitrogen and oxygen atoms in total. The summed E-state index contributed by atoms with van der Waals surface area (Å²) in [5, 5.41) is 5.23. The first-order chi connectivity index (χ1) is 11.3. The zero-order valence-corrected chi connectivity index (χ0v) is 15.6. The summed E-state index contributed by atoms with van der Waals surface area (Å²) in [7, 11) is 1.26. The number of nitrogens with one attached hydrogen (secondary N) is 2. The lowest BCUT2D eigenvalue weighted by atomic mass is 9.96. The van der Waals surface area contributed by atoms with Gasteiger partial charge in [-0.3, -0.25) is 14.4 Å². The zero-order chi connectivity index (χ0) is 18.2. The summed E-state index contributed by atoms with van der Waals surface area (Å²) in [4.78, 5) is 34.8. The van der Waals surface area contributed by atoms with E-state index in [0.29, 0.717) is 12.1 Å². The van der Waals surface area contributed by atoms with Gasteiger partial charge >= 0.3 is 5.97 Å². The Morgan fingerprint density at radius 3 is 2.32 bits per heavy atom. The van der Waals surface area contributed by atoms with E-state index in [1.165, 1.54) is 7.11 Å². The molecule has 0 bridgehead atoms. The molecule has 0 saturated heterocycles. The number of rotatable bonds is 8. The Bertz CT molecular complexity index is 588. The highest BCUT2D eigenvalue weighted by atomic mass is 35.5. The Morgan fingerprint density at radius 1 is 1.20 bits per heavy atom. The molecule has 1 atom stereocenters. The number of amides is 2. The van der Waals surface area contributed by atoms with Crippen LogP contribution in [0.15, 0.2) is 24.3 Å². The van der Waals surface area contributed by atoms with Crippen LogP contribution in [0.3, 0.4) is 0 Å². The van der Waals surface area contributed by atoms with Crippen molar-refractivity contribution in [2.24, 2.45) is 5.73 Å². The second-order valence-corrected chi connectivity index (χ2v) is 5.85. The molecule has 0 heterocycles. The van der Waals surface area contributed by atoms with E-state index in [2.05, 4.69) is 15.4 Å². The summed E-state index contributed by atoms with van der Waals surface area (Å²) in [5.74, 6) is -1.03. The first kappa shape index (κ1) is 22.9. The molecule has 0 saturated carbocycles. The zero-order valence-electron chi connectivity index (χ0n) is 14.8. The summed E-state index contributed by atoms with van der Waals surface area (Å²) < 4.78 is 4.44. The van der Waals surface area contributed by atoms with Gasteiger partial charge in [0.2, 0.25) is 11.8 Å². The van der Waals surface area contributed by atoms with Crippen LogP contribution >= 0.6 is 12.4 Å². The number of ether oxygens (including phenoxy) is 1. The lowest BCUT2D eigenvalue weighted by Gasteiger charge is -2.22. The predicted molar refractivity (Wildman–Crippen MR) is 98.5 cm³/mol. The molecule has 1 rings (SSSR count). The molecule has 0 aliphatic carbocycles. The molecule has 140 valence electrons. The van der Waals surface area contributed by atoms with Crippen LogP contribution < -0.4 is 16.4 Å². The summed E-state index contributed by atoms with van der Waals surface area (Å²) in [5.41, 5.74) is 6.45. The van der Waals surface area contributed by atoms with Crippen LogP contribution in [0.4, 0.5) is 5.69 Å². The second kappa shape index (κ2) is 10.7. The minimum absolute atomic E-state index is 0. The van der Waals surface area contributed by atoms with Crippen molar-refractivity contribution in [3.63, 3.8) is 0 Å². The van der Waals surface area contributed by atoms with Crippen LogP contribution in [-0.4, -0.2) is 37.0 Å². The van der Waals surface area contributed by atoms with Gasteiger partial charge < -0.3 is 21.1 Å². The number of nitrogens with two attached hydrogens (primary N) is 1. The molecule has 1 unspecified atom stereocenters. The van der Waals surface area contributed by atoms with Crippen molar-refractivity contribution >= 4 is 35.9 Å². The first-order valence-corrected chi connectivity index (χ1v) is 7.81. The first-order valence-electron chi connectivity index (χ1n) is 7.81. The van der Waals surface area contributed by atoms with Gasteiger partial charge in [0.15, 0.2) is 0 Å². The quantitative estimate of drug-likeness (QED) is 0.598. The molecule has 8 heteroatoms. The van der Waals surface area contributed by atoms with Crippen LogP contribution in [0.5, 0.6) is 0 Å². The van der Waals surface area contributed by atoms with Crippen LogP contribution in [0, 0.1) is 0 Å². The maximum Gasteiger partial charge on any atom is 0.325 e. The molecule has 1 aromatic rings. The minimum atomic E-state index is -0.915. The van der Waals surface area contributed by atoms with Crippen LogP contribution in [0.2, 0.25) is 0 Å². The lowest BCUT2D eigenvalue weighted by Crippen LogP contribution is -2.48. The molecule has 4 N–H and O–H groups in total. The number of carbonyl (C=O) groups excluding carboxylic acids is 3. The van der Waals surface area contributed by atoms with Crippen molar-refractivity contribution in [3.8, 4) is 0 Å². The molecule has 1 aromatic carbocycles. The third kappa shape index (κ3) is 8.00. The van der Waals surface area contributed by atoms with Crippen LogP contribution in [-0.2, 0) is 25.5 Å². The third-order valence-electron chi connectivity index (χ3n) is 3.52. The Kier molecular flexibility index (Phi) is 9.78. The molecule has 0 aliphatic rings. The number of halogens is 1. The molecule has 0 spiro atoms. The number of methoxy groups -OCH3 is 1. The van der Waals surface area contributed by atoms with Crippen LogP contribution in [0.25, 0.3) is 0 Å². The molecule has 0 aliphatic heterocycles. The van der Waals surface area contributed by atoms with Gasteiger partial charge in [0, 0.05) is 5.69 Å². The Hall–Kier alpha value is -2.12. The van der Waals surface area contributed by atoms with Crippen molar-refractivity contribution < 1.29 is 19.1 Å². The van der Waals surface area contributed by atoms with E-state index in [4.69, 9.17) is 5.73 Å². The summed E-state index contributed by atoms with van der Waals surface area (Å²) in [6.07, 6.45) is 1.55. The molecule has 0 fully saturated rings. The van der Waals surface area contributed by atoms with Crippen molar-refractivity contribution in [3.05, 3.63) is 29.8 Å². The predicted octanol–water partition coefficient (Wildman–Crippen LogP) is 1.40. The molecule has 0 aromatic heterocycles. The highest BCUT2D eigenvalue weighted by molar-refractivity contribution is 5.97. The van der Waals surface area contributed by atoms with Crippen molar-refractivity contribution in [1.82, 2.24) is 5.32 Å². The van der Waals surface area contributed by atoms with Crippen molar-refractivity contribution in [2.45, 2.75) is 38.6 Å². The van der Waals surface area contributed by atoms with Gasteiger partial charge in [-0.15, -0.1) is 12.4 Å². The number of anilines is 1.